The van der Waals surface area contributed by atoms with Gasteiger partial charge >= 0.3 is 5.97 Å². The largest absolute Gasteiger partial charge is 0.486 e. The predicted molar refractivity (Wildman–Crippen MR) is 75.1 cm³/mol. The number of ether oxygens (including phenoxy) is 2. The lowest BCUT2D eigenvalue weighted by molar-refractivity contribution is -0.138. The number of carboxylic acid groups (broad SMARTS) is 1. The molecular weight excluding hydrogens is 312 g/mol. The minimum atomic E-state index is -0.824. The summed E-state index contributed by atoms with van der Waals surface area (Å²) in [6.45, 7) is 6.79. The fraction of sp³-hybridized carbons (Fsp3) is 0.500. The number of hydrogen-bond acceptors (Lipinski definition) is 3. The number of hydrogen-bond donors (Lipinski definition) is 1. The van der Waals surface area contributed by atoms with Gasteiger partial charge in [0, 0.05) is 15.5 Å². The zero-order valence-electron chi connectivity index (χ0n) is 11.2. The summed E-state index contributed by atoms with van der Waals surface area (Å²) in [6, 6.07) is 1.88. The molecule has 1 aliphatic rings. The molecule has 0 saturated carbocycles. The normalized spacial score (nSPS) is 14.3. The summed E-state index contributed by atoms with van der Waals surface area (Å²) >= 11 is 3.50. The van der Waals surface area contributed by atoms with E-state index in [9.17, 15) is 4.79 Å². The quantitative estimate of drug-likeness (QED) is 0.925. The second-order valence-corrected chi connectivity index (χ2v) is 6.19. The van der Waals surface area contributed by atoms with Crippen molar-refractivity contribution >= 4 is 21.9 Å². The van der Waals surface area contributed by atoms with Crippen LogP contribution in [0.1, 0.15) is 31.4 Å². The Morgan fingerprint density at radius 1 is 1.42 bits per heavy atom. The molecule has 1 aromatic carbocycles. The molecule has 1 aromatic rings. The van der Waals surface area contributed by atoms with Crippen molar-refractivity contribution in [3.63, 3.8) is 0 Å². The Hall–Kier alpha value is -1.23. The number of fused-ring (bicyclic) bond motifs is 1. The molecule has 5 heteroatoms. The van der Waals surface area contributed by atoms with Gasteiger partial charge in [0.25, 0.3) is 0 Å². The van der Waals surface area contributed by atoms with E-state index in [1.165, 1.54) is 0 Å². The Kier molecular flexibility index (Phi) is 3.76. The van der Waals surface area contributed by atoms with Gasteiger partial charge in [-0.25, -0.2) is 0 Å². The first kappa shape index (κ1) is 14.2. The maximum absolute atomic E-state index is 11.1. The van der Waals surface area contributed by atoms with Crippen LogP contribution in [0.3, 0.4) is 0 Å². The second-order valence-electron chi connectivity index (χ2n) is 5.34. The third-order valence-electron chi connectivity index (χ3n) is 3.30. The number of benzene rings is 1. The van der Waals surface area contributed by atoms with Crippen molar-refractivity contribution in [2.45, 2.75) is 32.6 Å². The summed E-state index contributed by atoms with van der Waals surface area (Å²) in [6.07, 6.45) is 0.0418. The van der Waals surface area contributed by atoms with Crippen LogP contribution in [0.15, 0.2) is 10.5 Å². The minimum Gasteiger partial charge on any atom is -0.486 e. The zero-order valence-corrected chi connectivity index (χ0v) is 12.8. The fourth-order valence-corrected chi connectivity index (χ4v) is 2.94. The highest BCUT2D eigenvalue weighted by Crippen LogP contribution is 2.46. The van der Waals surface area contributed by atoms with E-state index in [0.717, 1.165) is 15.6 Å². The molecular formula is C14H17BrO4. The highest BCUT2D eigenvalue weighted by atomic mass is 79.9. The Bertz CT molecular complexity index is 523. The molecule has 0 aliphatic carbocycles. The van der Waals surface area contributed by atoms with E-state index in [2.05, 4.69) is 15.9 Å². The third kappa shape index (κ3) is 2.71. The smallest absolute Gasteiger partial charge is 0.304 e. The molecule has 0 saturated heterocycles. The van der Waals surface area contributed by atoms with Gasteiger partial charge in [-0.3, -0.25) is 4.79 Å². The van der Waals surface area contributed by atoms with Gasteiger partial charge in [-0.2, -0.15) is 0 Å². The van der Waals surface area contributed by atoms with Gasteiger partial charge in [0.05, 0.1) is 6.42 Å². The lowest BCUT2D eigenvalue weighted by Crippen LogP contribution is -2.26. The summed E-state index contributed by atoms with van der Waals surface area (Å²) in [5.41, 5.74) is 1.37. The minimum absolute atomic E-state index is 0.0418. The van der Waals surface area contributed by atoms with Crippen molar-refractivity contribution in [2.24, 2.45) is 0 Å². The summed E-state index contributed by atoms with van der Waals surface area (Å²) in [4.78, 5) is 11.1. The Morgan fingerprint density at radius 2 is 2.05 bits per heavy atom. The first-order valence-corrected chi connectivity index (χ1v) is 6.93. The van der Waals surface area contributed by atoms with Crippen molar-refractivity contribution in [3.8, 4) is 11.5 Å². The van der Waals surface area contributed by atoms with E-state index in [1.807, 2.05) is 26.8 Å². The van der Waals surface area contributed by atoms with Gasteiger partial charge in [0.15, 0.2) is 11.5 Å². The molecule has 0 aromatic heterocycles. The molecule has 1 aliphatic heterocycles. The third-order valence-corrected chi connectivity index (χ3v) is 4.12. The van der Waals surface area contributed by atoms with Crippen molar-refractivity contribution in [1.82, 2.24) is 0 Å². The van der Waals surface area contributed by atoms with Crippen molar-refractivity contribution in [1.29, 1.82) is 0 Å². The maximum atomic E-state index is 11.1. The van der Waals surface area contributed by atoms with Crippen LogP contribution in [-0.2, 0) is 10.2 Å². The monoisotopic (exact) mass is 328 g/mol. The van der Waals surface area contributed by atoms with Gasteiger partial charge in [-0.05, 0) is 18.6 Å². The van der Waals surface area contributed by atoms with E-state index >= 15 is 0 Å². The molecule has 0 unspecified atom stereocenters. The summed E-state index contributed by atoms with van der Waals surface area (Å²) in [5, 5.41) is 9.09. The Balaban J connectivity index is 2.60. The molecule has 1 N–H and O–H groups in total. The molecule has 0 amide bonds. The van der Waals surface area contributed by atoms with E-state index < -0.39 is 11.4 Å². The number of halogens is 1. The van der Waals surface area contributed by atoms with Crippen LogP contribution in [0.5, 0.6) is 11.5 Å². The fourth-order valence-electron chi connectivity index (χ4n) is 2.53. The first-order chi connectivity index (χ1) is 8.83. The molecule has 0 bridgehead atoms. The Labute approximate surface area is 120 Å². The van der Waals surface area contributed by atoms with Crippen LogP contribution in [0.2, 0.25) is 0 Å². The molecule has 1 heterocycles. The standard InChI is InChI=1S/C14H17BrO4/c1-8-9(15)6-10-13(19-5-4-18-10)12(8)14(2,3)7-11(16)17/h6H,4-5,7H2,1-3H3,(H,16,17). The topological polar surface area (TPSA) is 55.8 Å². The lowest BCUT2D eigenvalue weighted by atomic mass is 9.78. The molecule has 0 atom stereocenters. The van der Waals surface area contributed by atoms with Gasteiger partial charge in [0.1, 0.15) is 13.2 Å². The zero-order chi connectivity index (χ0) is 14.2. The molecule has 0 fully saturated rings. The van der Waals surface area contributed by atoms with Crippen LogP contribution >= 0.6 is 15.9 Å². The molecule has 2 rings (SSSR count). The van der Waals surface area contributed by atoms with Crippen molar-refractivity contribution in [3.05, 3.63) is 21.7 Å². The van der Waals surface area contributed by atoms with E-state index in [1.54, 1.807) is 0 Å². The van der Waals surface area contributed by atoms with Crippen molar-refractivity contribution in [2.75, 3.05) is 13.2 Å². The van der Waals surface area contributed by atoms with Gasteiger partial charge in [-0.15, -0.1) is 0 Å². The molecule has 104 valence electrons. The van der Waals surface area contributed by atoms with E-state index in [4.69, 9.17) is 14.6 Å². The van der Waals surface area contributed by atoms with Gasteiger partial charge < -0.3 is 14.6 Å². The van der Waals surface area contributed by atoms with Crippen molar-refractivity contribution < 1.29 is 19.4 Å². The summed E-state index contributed by atoms with van der Waals surface area (Å²) in [7, 11) is 0. The Morgan fingerprint density at radius 3 is 2.68 bits per heavy atom. The average Bonchev–Trinajstić information content (AvgIpc) is 2.28. The molecule has 0 spiro atoms. The molecule has 4 nitrogen and oxygen atoms in total. The average molecular weight is 329 g/mol. The van der Waals surface area contributed by atoms with Crippen LogP contribution in [0.25, 0.3) is 0 Å². The second kappa shape index (κ2) is 5.04. The molecule has 0 radical (unpaired) electrons. The molecule has 19 heavy (non-hydrogen) atoms. The number of aliphatic carboxylic acids is 1. The van der Waals surface area contributed by atoms with Crippen LogP contribution in [0.4, 0.5) is 0 Å². The van der Waals surface area contributed by atoms with Crippen LogP contribution < -0.4 is 9.47 Å². The number of carbonyl (C=O) groups is 1. The summed E-state index contributed by atoms with van der Waals surface area (Å²) < 4.78 is 12.2. The van der Waals surface area contributed by atoms with Crippen LogP contribution in [-0.4, -0.2) is 24.3 Å². The highest BCUT2D eigenvalue weighted by Gasteiger charge is 2.33. The van der Waals surface area contributed by atoms with Gasteiger partial charge in [0.2, 0.25) is 0 Å². The predicted octanol–water partition coefficient (Wildman–Crippen LogP) is 3.28. The lowest BCUT2D eigenvalue weighted by Gasteiger charge is -2.31. The first-order valence-electron chi connectivity index (χ1n) is 6.14. The highest BCUT2D eigenvalue weighted by molar-refractivity contribution is 9.10. The number of carboxylic acids is 1. The maximum Gasteiger partial charge on any atom is 0.304 e. The number of rotatable bonds is 3. The van der Waals surface area contributed by atoms with Gasteiger partial charge in [-0.1, -0.05) is 29.8 Å². The summed E-state index contributed by atoms with van der Waals surface area (Å²) in [5.74, 6) is 0.533. The van der Waals surface area contributed by atoms with E-state index in [-0.39, 0.29) is 6.42 Å². The van der Waals surface area contributed by atoms with Crippen LogP contribution in [0, 0.1) is 6.92 Å². The SMILES string of the molecule is Cc1c(Br)cc2c(c1C(C)(C)CC(=O)O)OCCO2. The van der Waals surface area contributed by atoms with E-state index in [0.29, 0.717) is 24.7 Å².